The van der Waals surface area contributed by atoms with Crippen LogP contribution in [0.15, 0.2) is 60.7 Å². The first-order valence-electron chi connectivity index (χ1n) is 12.8. The van der Waals surface area contributed by atoms with Gasteiger partial charge < -0.3 is 20.9 Å². The molecule has 1 aliphatic rings. The van der Waals surface area contributed by atoms with Gasteiger partial charge in [-0.25, -0.2) is 0 Å². The van der Waals surface area contributed by atoms with Crippen LogP contribution < -0.4 is 16.0 Å². The van der Waals surface area contributed by atoms with Crippen molar-refractivity contribution in [3.05, 3.63) is 71.8 Å². The van der Waals surface area contributed by atoms with Crippen LogP contribution in [0.1, 0.15) is 57.6 Å². The van der Waals surface area contributed by atoms with E-state index in [2.05, 4.69) is 16.0 Å². The normalized spacial score (nSPS) is 17.5. The summed E-state index contributed by atoms with van der Waals surface area (Å²) >= 11 is 0. The Morgan fingerprint density at radius 1 is 0.944 bits per heavy atom. The quantitative estimate of drug-likeness (QED) is 0.502. The Balaban J connectivity index is 1.73. The number of nitrogens with one attached hydrogen (secondary N) is 3. The van der Waals surface area contributed by atoms with Gasteiger partial charge in [-0.15, -0.1) is 0 Å². The van der Waals surface area contributed by atoms with E-state index in [1.54, 1.807) is 14.0 Å². The highest BCUT2D eigenvalue weighted by atomic mass is 16.2. The van der Waals surface area contributed by atoms with Gasteiger partial charge in [0.25, 0.3) is 0 Å². The van der Waals surface area contributed by atoms with Gasteiger partial charge in [0.2, 0.25) is 17.7 Å². The molecular formula is C29H40N4O3. The third kappa shape index (κ3) is 6.72. The molecule has 194 valence electrons. The molecule has 0 aromatic heterocycles. The van der Waals surface area contributed by atoms with E-state index in [0.29, 0.717) is 13.1 Å². The van der Waals surface area contributed by atoms with Crippen molar-refractivity contribution in [2.24, 2.45) is 5.41 Å². The molecule has 3 N–H and O–H groups in total. The van der Waals surface area contributed by atoms with E-state index in [0.717, 1.165) is 24.0 Å². The molecule has 3 atom stereocenters. The Hall–Kier alpha value is -3.19. The summed E-state index contributed by atoms with van der Waals surface area (Å²) in [4.78, 5) is 41.5. The van der Waals surface area contributed by atoms with Gasteiger partial charge in [-0.3, -0.25) is 14.4 Å². The smallest absolute Gasteiger partial charge is 0.246 e. The second kappa shape index (κ2) is 12.2. The highest BCUT2D eigenvalue weighted by Gasteiger charge is 2.40. The summed E-state index contributed by atoms with van der Waals surface area (Å²) in [6.07, 6.45) is 1.68. The maximum Gasteiger partial charge on any atom is 0.246 e. The molecular weight excluding hydrogens is 452 g/mol. The molecule has 7 nitrogen and oxygen atoms in total. The summed E-state index contributed by atoms with van der Waals surface area (Å²) in [7, 11) is 1.72. The molecule has 7 heteroatoms. The van der Waals surface area contributed by atoms with E-state index < -0.39 is 23.4 Å². The summed E-state index contributed by atoms with van der Waals surface area (Å²) in [5, 5.41) is 9.00. The molecule has 1 saturated heterocycles. The molecule has 36 heavy (non-hydrogen) atoms. The van der Waals surface area contributed by atoms with Crippen LogP contribution in [0.3, 0.4) is 0 Å². The van der Waals surface area contributed by atoms with Crippen molar-refractivity contribution in [3.63, 3.8) is 0 Å². The van der Waals surface area contributed by atoms with Gasteiger partial charge in [-0.05, 0) is 43.4 Å². The van der Waals surface area contributed by atoms with Crippen molar-refractivity contribution in [2.45, 2.75) is 64.6 Å². The van der Waals surface area contributed by atoms with E-state index >= 15 is 0 Å². The fraction of sp³-hybridized carbons (Fsp3) is 0.483. The van der Waals surface area contributed by atoms with Crippen molar-refractivity contribution in [3.8, 4) is 0 Å². The largest absolute Gasteiger partial charge is 0.353 e. The van der Waals surface area contributed by atoms with Crippen LogP contribution in [0.4, 0.5) is 0 Å². The minimum absolute atomic E-state index is 0.0878. The van der Waals surface area contributed by atoms with Gasteiger partial charge in [-0.2, -0.15) is 0 Å². The minimum atomic E-state index is -0.654. The van der Waals surface area contributed by atoms with Gasteiger partial charge >= 0.3 is 0 Å². The van der Waals surface area contributed by atoms with Gasteiger partial charge in [0, 0.05) is 19.1 Å². The van der Waals surface area contributed by atoms with Crippen LogP contribution in [0, 0.1) is 5.41 Å². The Labute approximate surface area is 215 Å². The zero-order valence-electron chi connectivity index (χ0n) is 22.1. The number of likely N-dealkylation sites (N-methyl/N-ethyl adjacent to an activating group) is 1. The third-order valence-electron chi connectivity index (χ3n) is 6.93. The average molecular weight is 493 g/mol. The number of rotatable bonds is 9. The lowest BCUT2D eigenvalue weighted by molar-refractivity contribution is -0.140. The minimum Gasteiger partial charge on any atom is -0.353 e. The Bertz CT molecular complexity index is 980. The molecule has 1 fully saturated rings. The molecule has 3 unspecified atom stereocenters. The molecule has 2 aromatic carbocycles. The van der Waals surface area contributed by atoms with Crippen LogP contribution in [-0.4, -0.2) is 60.9 Å². The first-order valence-corrected chi connectivity index (χ1v) is 12.8. The van der Waals surface area contributed by atoms with Crippen molar-refractivity contribution in [1.82, 2.24) is 20.9 Å². The fourth-order valence-electron chi connectivity index (χ4n) is 4.66. The standard InChI is InChI=1S/C29H40N4O3/c1-20(30-5)26(34)32-25(29(2,3)4)28(36)33-18-12-17-23(33)19-31-27(35)24(21-13-8-6-9-14-21)22-15-10-7-11-16-22/h6-11,13-16,20,23-25,30H,12,17-19H2,1-5H3,(H,31,35)(H,32,34). The van der Waals surface area contributed by atoms with E-state index in [1.807, 2.05) is 86.3 Å². The number of nitrogens with zero attached hydrogens (tertiary/aromatic N) is 1. The van der Waals surface area contributed by atoms with Crippen LogP contribution in [0.5, 0.6) is 0 Å². The lowest BCUT2D eigenvalue weighted by atomic mass is 9.85. The van der Waals surface area contributed by atoms with E-state index in [9.17, 15) is 14.4 Å². The second-order valence-corrected chi connectivity index (χ2v) is 10.6. The number of benzene rings is 2. The van der Waals surface area contributed by atoms with Gasteiger partial charge in [0.05, 0.1) is 12.0 Å². The van der Waals surface area contributed by atoms with Gasteiger partial charge in [0.1, 0.15) is 6.04 Å². The number of amides is 3. The van der Waals surface area contributed by atoms with Gasteiger partial charge in [0.15, 0.2) is 0 Å². The maximum atomic E-state index is 13.6. The number of hydrogen-bond acceptors (Lipinski definition) is 4. The zero-order chi connectivity index (χ0) is 26.3. The molecule has 2 aromatic rings. The van der Waals surface area contributed by atoms with Crippen LogP contribution in [-0.2, 0) is 14.4 Å². The van der Waals surface area contributed by atoms with E-state index in [1.165, 1.54) is 0 Å². The summed E-state index contributed by atoms with van der Waals surface area (Å²) in [5.41, 5.74) is 1.40. The molecule has 1 heterocycles. The first-order chi connectivity index (χ1) is 17.1. The maximum absolute atomic E-state index is 13.6. The average Bonchev–Trinajstić information content (AvgIpc) is 3.34. The topological polar surface area (TPSA) is 90.5 Å². The third-order valence-corrected chi connectivity index (χ3v) is 6.93. The zero-order valence-corrected chi connectivity index (χ0v) is 22.1. The SMILES string of the molecule is CNC(C)C(=O)NC(C(=O)N1CCCC1CNC(=O)C(c1ccccc1)c1ccccc1)C(C)(C)C. The van der Waals surface area contributed by atoms with Crippen molar-refractivity contribution in [1.29, 1.82) is 0 Å². The Morgan fingerprint density at radius 2 is 1.50 bits per heavy atom. The van der Waals surface area contributed by atoms with Gasteiger partial charge in [-0.1, -0.05) is 81.4 Å². The number of carbonyl (C=O) groups excluding carboxylic acids is 3. The summed E-state index contributed by atoms with van der Waals surface area (Å²) in [5.74, 6) is -0.820. The Morgan fingerprint density at radius 3 is 2.00 bits per heavy atom. The van der Waals surface area contributed by atoms with E-state index in [4.69, 9.17) is 0 Å². The summed E-state index contributed by atoms with van der Waals surface area (Å²) in [6.45, 7) is 8.62. The first kappa shape index (κ1) is 27.4. The molecule has 0 aliphatic carbocycles. The van der Waals surface area contributed by atoms with E-state index in [-0.39, 0.29) is 23.8 Å². The predicted molar refractivity (Wildman–Crippen MR) is 142 cm³/mol. The van der Waals surface area contributed by atoms with Crippen molar-refractivity contribution in [2.75, 3.05) is 20.1 Å². The molecule has 3 rings (SSSR count). The molecule has 1 aliphatic heterocycles. The lowest BCUT2D eigenvalue weighted by Gasteiger charge is -2.36. The summed E-state index contributed by atoms with van der Waals surface area (Å²) in [6, 6.07) is 18.3. The lowest BCUT2D eigenvalue weighted by Crippen LogP contribution is -2.59. The highest BCUT2D eigenvalue weighted by molar-refractivity contribution is 5.91. The Kier molecular flexibility index (Phi) is 9.26. The summed E-state index contributed by atoms with van der Waals surface area (Å²) < 4.78 is 0. The van der Waals surface area contributed by atoms with Crippen molar-refractivity contribution >= 4 is 17.7 Å². The predicted octanol–water partition coefficient (Wildman–Crippen LogP) is 3.06. The second-order valence-electron chi connectivity index (χ2n) is 10.6. The number of carbonyl (C=O) groups is 3. The van der Waals surface area contributed by atoms with Crippen LogP contribution in [0.2, 0.25) is 0 Å². The molecule has 0 saturated carbocycles. The molecule has 0 radical (unpaired) electrons. The fourth-order valence-corrected chi connectivity index (χ4v) is 4.66. The monoisotopic (exact) mass is 492 g/mol. The van der Waals surface area contributed by atoms with Crippen molar-refractivity contribution < 1.29 is 14.4 Å². The van der Waals surface area contributed by atoms with Crippen LogP contribution >= 0.6 is 0 Å². The van der Waals surface area contributed by atoms with Crippen LogP contribution in [0.25, 0.3) is 0 Å². The molecule has 0 bridgehead atoms. The molecule has 3 amide bonds. The number of likely N-dealkylation sites (tertiary alicyclic amines) is 1. The highest BCUT2D eigenvalue weighted by Crippen LogP contribution is 2.27. The molecule has 0 spiro atoms. The number of hydrogen-bond donors (Lipinski definition) is 3.